The fourth-order valence-electron chi connectivity index (χ4n) is 3.14. The number of fused-ring (bicyclic) bond motifs is 1. The molecule has 1 aromatic carbocycles. The summed E-state index contributed by atoms with van der Waals surface area (Å²) in [6, 6.07) is 6.14. The monoisotopic (exact) mass is 309 g/mol. The number of aliphatic imine (C=N–C) groups is 1. The predicted octanol–water partition coefficient (Wildman–Crippen LogP) is 3.61. The largest absolute Gasteiger partial charge is 0.357 e. The van der Waals surface area contributed by atoms with E-state index in [1.807, 2.05) is 18.2 Å². The minimum atomic E-state index is 0.0712. The Morgan fingerprint density at radius 1 is 1.26 bits per heavy atom. The number of piperidine rings is 1. The van der Waals surface area contributed by atoms with E-state index >= 15 is 0 Å². The first-order valence-electron chi connectivity index (χ1n) is 8.21. The van der Waals surface area contributed by atoms with Crippen molar-refractivity contribution in [3.63, 3.8) is 0 Å². The van der Waals surface area contributed by atoms with Crippen LogP contribution in [0.15, 0.2) is 41.2 Å². The van der Waals surface area contributed by atoms with Crippen LogP contribution in [0, 0.1) is 0 Å². The first kappa shape index (κ1) is 15.5. The van der Waals surface area contributed by atoms with Crippen molar-refractivity contribution in [3.05, 3.63) is 47.3 Å². The van der Waals surface area contributed by atoms with Crippen molar-refractivity contribution in [1.29, 1.82) is 0 Å². The van der Waals surface area contributed by atoms with Gasteiger partial charge in [-0.15, -0.1) is 0 Å². The van der Waals surface area contributed by atoms with Gasteiger partial charge in [0.2, 0.25) is 5.91 Å². The topological polar surface area (TPSA) is 44.7 Å². The van der Waals surface area contributed by atoms with Crippen LogP contribution in [0.25, 0.3) is 5.57 Å². The van der Waals surface area contributed by atoms with Gasteiger partial charge >= 0.3 is 0 Å². The summed E-state index contributed by atoms with van der Waals surface area (Å²) >= 11 is 0. The van der Waals surface area contributed by atoms with Crippen LogP contribution in [-0.2, 0) is 11.2 Å². The van der Waals surface area contributed by atoms with E-state index in [4.69, 9.17) is 0 Å². The van der Waals surface area contributed by atoms with E-state index in [9.17, 15) is 4.79 Å². The number of allylic oxidation sites excluding steroid dienone is 3. The molecule has 0 bridgehead atoms. The number of carbonyl (C=O) groups excluding carboxylic acids is 1. The Labute approximate surface area is 137 Å². The van der Waals surface area contributed by atoms with E-state index < -0.39 is 0 Å². The maximum Gasteiger partial charge on any atom is 0.228 e. The van der Waals surface area contributed by atoms with Crippen molar-refractivity contribution in [3.8, 4) is 0 Å². The number of hydrogen-bond donors (Lipinski definition) is 1. The lowest BCUT2D eigenvalue weighted by Crippen LogP contribution is -2.28. The molecule has 4 heteroatoms. The molecule has 0 saturated carbocycles. The van der Waals surface area contributed by atoms with E-state index in [1.165, 1.54) is 19.3 Å². The van der Waals surface area contributed by atoms with E-state index in [0.29, 0.717) is 6.42 Å². The molecular weight excluding hydrogens is 286 g/mol. The number of nitrogens with zero attached hydrogens (tertiary/aromatic N) is 2. The number of likely N-dealkylation sites (tertiary alicyclic amines) is 1. The van der Waals surface area contributed by atoms with Gasteiger partial charge in [-0.3, -0.25) is 4.79 Å². The van der Waals surface area contributed by atoms with E-state index in [2.05, 4.69) is 41.0 Å². The molecule has 1 saturated heterocycles. The van der Waals surface area contributed by atoms with Crippen LogP contribution >= 0.6 is 0 Å². The molecule has 23 heavy (non-hydrogen) atoms. The van der Waals surface area contributed by atoms with Gasteiger partial charge in [-0.05, 0) is 61.7 Å². The molecule has 0 radical (unpaired) electrons. The number of carbonyl (C=O) groups is 1. The van der Waals surface area contributed by atoms with E-state index in [0.717, 1.165) is 41.3 Å². The van der Waals surface area contributed by atoms with Crippen LogP contribution in [0.2, 0.25) is 0 Å². The molecular formula is C19H23N3O. The molecule has 2 aliphatic heterocycles. The van der Waals surface area contributed by atoms with Gasteiger partial charge in [-0.1, -0.05) is 18.2 Å². The van der Waals surface area contributed by atoms with Crippen molar-refractivity contribution >= 4 is 23.9 Å². The Hall–Kier alpha value is -2.36. The lowest BCUT2D eigenvalue weighted by molar-refractivity contribution is -0.115. The molecule has 2 aliphatic rings. The number of benzene rings is 1. The second-order valence-electron chi connectivity index (χ2n) is 6.18. The van der Waals surface area contributed by atoms with Gasteiger partial charge in [0, 0.05) is 18.8 Å². The Balaban J connectivity index is 1.78. The Bertz CT molecular complexity index is 682. The fourth-order valence-corrected chi connectivity index (χ4v) is 3.14. The third kappa shape index (κ3) is 3.52. The highest BCUT2D eigenvalue weighted by atomic mass is 16.1. The number of rotatable bonds is 4. The number of nitrogens with one attached hydrogen (secondary N) is 1. The molecule has 0 aromatic heterocycles. The van der Waals surface area contributed by atoms with Crippen molar-refractivity contribution < 1.29 is 4.79 Å². The average molecular weight is 309 g/mol. The molecule has 3 rings (SSSR count). The van der Waals surface area contributed by atoms with Gasteiger partial charge < -0.3 is 10.2 Å². The first-order chi connectivity index (χ1) is 11.2. The summed E-state index contributed by atoms with van der Waals surface area (Å²) in [5.74, 6) is 1.01. The predicted molar refractivity (Wildman–Crippen MR) is 95.5 cm³/mol. The van der Waals surface area contributed by atoms with Crippen LogP contribution < -0.4 is 5.32 Å². The van der Waals surface area contributed by atoms with Crippen LogP contribution in [-0.4, -0.2) is 30.6 Å². The molecule has 1 aromatic rings. The minimum Gasteiger partial charge on any atom is -0.357 e. The highest BCUT2D eigenvalue weighted by Crippen LogP contribution is 2.27. The third-order valence-electron chi connectivity index (χ3n) is 4.51. The summed E-state index contributed by atoms with van der Waals surface area (Å²) in [7, 11) is 0. The summed E-state index contributed by atoms with van der Waals surface area (Å²) in [6.45, 7) is 7.90. The van der Waals surface area contributed by atoms with Crippen LogP contribution in [0.1, 0.15) is 37.3 Å². The molecule has 0 unspecified atom stereocenters. The average Bonchev–Trinajstić information content (AvgIpc) is 2.95. The molecule has 0 aliphatic carbocycles. The van der Waals surface area contributed by atoms with Crippen molar-refractivity contribution in [2.75, 3.05) is 18.4 Å². The summed E-state index contributed by atoms with van der Waals surface area (Å²) in [6.07, 6.45) is 8.35. The number of amides is 1. The quantitative estimate of drug-likeness (QED) is 0.682. The van der Waals surface area contributed by atoms with Crippen molar-refractivity contribution in [2.45, 2.75) is 32.6 Å². The lowest BCUT2D eigenvalue weighted by Gasteiger charge is -2.28. The van der Waals surface area contributed by atoms with Crippen LogP contribution in [0.3, 0.4) is 0 Å². The fraction of sp³-hybridized carbons (Fsp3) is 0.368. The van der Waals surface area contributed by atoms with E-state index in [1.54, 1.807) is 0 Å². The summed E-state index contributed by atoms with van der Waals surface area (Å²) in [4.78, 5) is 17.9. The second kappa shape index (κ2) is 6.82. The second-order valence-corrected chi connectivity index (χ2v) is 6.18. The molecule has 1 fully saturated rings. The number of hydrogen-bond acceptors (Lipinski definition) is 3. The first-order valence-corrected chi connectivity index (χ1v) is 8.21. The summed E-state index contributed by atoms with van der Waals surface area (Å²) in [5.41, 5.74) is 4.27. The SMILES string of the molecule is C=N/C(=C\C=C(/C)c1ccc2c(c1)NC(=O)C2)N1CCCCC1. The molecule has 1 amide bonds. The van der Waals surface area contributed by atoms with Gasteiger partial charge in [0.25, 0.3) is 0 Å². The van der Waals surface area contributed by atoms with E-state index in [-0.39, 0.29) is 5.91 Å². The molecule has 4 nitrogen and oxygen atoms in total. The van der Waals surface area contributed by atoms with Gasteiger partial charge in [-0.25, -0.2) is 4.99 Å². The Morgan fingerprint density at radius 2 is 2.04 bits per heavy atom. The highest BCUT2D eigenvalue weighted by Gasteiger charge is 2.17. The zero-order valence-electron chi connectivity index (χ0n) is 13.6. The molecule has 0 atom stereocenters. The standard InChI is InChI=1S/C19H23N3O/c1-14(6-9-18(20-2)22-10-4-3-5-11-22)15-7-8-16-13-19(23)21-17(16)12-15/h6-9,12H,2-5,10-11,13H2,1H3,(H,21,23)/b14-6+,18-9+. The lowest BCUT2D eigenvalue weighted by atomic mass is 10.0. The summed E-state index contributed by atoms with van der Waals surface area (Å²) < 4.78 is 0. The smallest absolute Gasteiger partial charge is 0.228 e. The molecule has 120 valence electrons. The molecule has 0 spiro atoms. The third-order valence-corrected chi connectivity index (χ3v) is 4.51. The van der Waals surface area contributed by atoms with Gasteiger partial charge in [0.1, 0.15) is 5.82 Å². The maximum absolute atomic E-state index is 11.5. The highest BCUT2D eigenvalue weighted by molar-refractivity contribution is 5.99. The maximum atomic E-state index is 11.5. The zero-order chi connectivity index (χ0) is 16.2. The van der Waals surface area contributed by atoms with Crippen LogP contribution in [0.4, 0.5) is 5.69 Å². The van der Waals surface area contributed by atoms with Crippen LogP contribution in [0.5, 0.6) is 0 Å². The summed E-state index contributed by atoms with van der Waals surface area (Å²) in [5, 5.41) is 2.90. The zero-order valence-corrected chi connectivity index (χ0v) is 13.6. The van der Waals surface area contributed by atoms with Gasteiger partial charge in [0.05, 0.1) is 6.42 Å². The van der Waals surface area contributed by atoms with Gasteiger partial charge in [0.15, 0.2) is 0 Å². The van der Waals surface area contributed by atoms with Crippen molar-refractivity contribution in [2.24, 2.45) is 4.99 Å². The molecule has 1 N–H and O–H groups in total. The van der Waals surface area contributed by atoms with Gasteiger partial charge in [-0.2, -0.15) is 0 Å². The normalized spacial score (nSPS) is 18.7. The minimum absolute atomic E-state index is 0.0712. The van der Waals surface area contributed by atoms with Crippen molar-refractivity contribution in [1.82, 2.24) is 4.90 Å². The Morgan fingerprint density at radius 3 is 2.78 bits per heavy atom. The molecule has 2 heterocycles. The number of anilines is 1. The Kier molecular flexibility index (Phi) is 4.60.